The summed E-state index contributed by atoms with van der Waals surface area (Å²) in [4.78, 5) is 16.0. The van der Waals surface area contributed by atoms with Crippen LogP contribution in [0.3, 0.4) is 0 Å². The molecule has 0 atom stereocenters. The number of hydrogen-bond donors (Lipinski definition) is 2. The lowest BCUT2D eigenvalue weighted by Gasteiger charge is -2.07. The number of rotatable bonds is 5. The molecule has 0 saturated heterocycles. The molecule has 1 aromatic carbocycles. The van der Waals surface area contributed by atoms with Gasteiger partial charge in [-0.2, -0.15) is 0 Å². The second kappa shape index (κ2) is 6.54. The van der Waals surface area contributed by atoms with Crippen molar-refractivity contribution in [2.75, 3.05) is 18.4 Å². The van der Waals surface area contributed by atoms with Gasteiger partial charge in [0, 0.05) is 24.8 Å². The van der Waals surface area contributed by atoms with Crippen LogP contribution in [0.25, 0.3) is 0 Å². The van der Waals surface area contributed by atoms with Crippen molar-refractivity contribution in [2.45, 2.75) is 6.92 Å². The van der Waals surface area contributed by atoms with Crippen molar-refractivity contribution in [3.63, 3.8) is 0 Å². The van der Waals surface area contributed by atoms with Crippen LogP contribution in [-0.4, -0.2) is 24.0 Å². The zero-order chi connectivity index (χ0) is 13.5. The minimum absolute atomic E-state index is 0.0495. The van der Waals surface area contributed by atoms with Crippen LogP contribution in [-0.2, 0) is 0 Å². The van der Waals surface area contributed by atoms with Crippen LogP contribution >= 0.6 is 0 Å². The lowest BCUT2D eigenvalue weighted by molar-refractivity contribution is 0.0955. The molecule has 0 spiro atoms. The molecule has 1 heterocycles. The van der Waals surface area contributed by atoms with Gasteiger partial charge in [0.05, 0.1) is 0 Å². The summed E-state index contributed by atoms with van der Waals surface area (Å²) < 4.78 is 0. The highest BCUT2D eigenvalue weighted by molar-refractivity contribution is 5.94. The van der Waals surface area contributed by atoms with E-state index in [9.17, 15) is 4.79 Å². The summed E-state index contributed by atoms with van der Waals surface area (Å²) in [6.45, 7) is 3.18. The Morgan fingerprint density at radius 2 is 2.05 bits per heavy atom. The van der Waals surface area contributed by atoms with Gasteiger partial charge in [-0.1, -0.05) is 23.8 Å². The molecule has 0 aliphatic carbocycles. The lowest BCUT2D eigenvalue weighted by atomic mass is 10.1. The Morgan fingerprint density at radius 1 is 1.16 bits per heavy atom. The molecule has 0 saturated carbocycles. The van der Waals surface area contributed by atoms with E-state index in [4.69, 9.17) is 0 Å². The summed E-state index contributed by atoms with van der Waals surface area (Å²) in [5.41, 5.74) is 1.78. The first-order valence-electron chi connectivity index (χ1n) is 6.25. The van der Waals surface area contributed by atoms with Crippen molar-refractivity contribution in [3.8, 4) is 0 Å². The summed E-state index contributed by atoms with van der Waals surface area (Å²) >= 11 is 0. The van der Waals surface area contributed by atoms with Gasteiger partial charge in [0.25, 0.3) is 5.91 Å². The fraction of sp³-hybridized carbons (Fsp3) is 0.200. The van der Waals surface area contributed by atoms with Crippen LogP contribution in [0.1, 0.15) is 15.9 Å². The second-order valence-electron chi connectivity index (χ2n) is 4.27. The van der Waals surface area contributed by atoms with Crippen LogP contribution in [0, 0.1) is 6.92 Å². The molecule has 2 aromatic rings. The van der Waals surface area contributed by atoms with Crippen molar-refractivity contribution >= 4 is 11.7 Å². The molecule has 0 aliphatic rings. The SMILES string of the molecule is Cc1cccc(C(=O)NCCNc2ccccn2)c1. The van der Waals surface area contributed by atoms with E-state index in [-0.39, 0.29) is 5.91 Å². The van der Waals surface area contributed by atoms with Crippen molar-refractivity contribution in [2.24, 2.45) is 0 Å². The molecule has 19 heavy (non-hydrogen) atoms. The Labute approximate surface area is 112 Å². The number of nitrogens with zero attached hydrogens (tertiary/aromatic N) is 1. The average molecular weight is 255 g/mol. The van der Waals surface area contributed by atoms with E-state index >= 15 is 0 Å². The fourth-order valence-electron chi connectivity index (χ4n) is 1.72. The van der Waals surface area contributed by atoms with E-state index in [1.807, 2.05) is 49.4 Å². The highest BCUT2D eigenvalue weighted by Crippen LogP contribution is 2.03. The quantitative estimate of drug-likeness (QED) is 0.806. The van der Waals surface area contributed by atoms with Crippen LogP contribution < -0.4 is 10.6 Å². The largest absolute Gasteiger partial charge is 0.368 e. The number of carbonyl (C=O) groups excluding carboxylic acids is 1. The topological polar surface area (TPSA) is 54.0 Å². The maximum atomic E-state index is 11.9. The summed E-state index contributed by atoms with van der Waals surface area (Å²) in [6, 6.07) is 13.2. The fourth-order valence-corrected chi connectivity index (χ4v) is 1.72. The molecule has 2 N–H and O–H groups in total. The third-order valence-electron chi connectivity index (χ3n) is 2.66. The number of hydrogen-bond acceptors (Lipinski definition) is 3. The lowest BCUT2D eigenvalue weighted by Crippen LogP contribution is -2.28. The Kier molecular flexibility index (Phi) is 4.50. The molecule has 0 fully saturated rings. The predicted octanol–water partition coefficient (Wildman–Crippen LogP) is 2.23. The van der Waals surface area contributed by atoms with Gasteiger partial charge in [-0.15, -0.1) is 0 Å². The number of carbonyl (C=O) groups is 1. The summed E-state index contributed by atoms with van der Waals surface area (Å²) in [5, 5.41) is 6.00. The van der Waals surface area contributed by atoms with Crippen LogP contribution in [0.5, 0.6) is 0 Å². The van der Waals surface area contributed by atoms with Gasteiger partial charge in [-0.05, 0) is 31.2 Å². The van der Waals surface area contributed by atoms with Crippen LogP contribution in [0.2, 0.25) is 0 Å². The van der Waals surface area contributed by atoms with Gasteiger partial charge in [0.15, 0.2) is 0 Å². The first-order valence-corrected chi connectivity index (χ1v) is 6.25. The number of anilines is 1. The summed E-state index contributed by atoms with van der Waals surface area (Å²) in [5.74, 6) is 0.763. The monoisotopic (exact) mass is 255 g/mol. The minimum atomic E-state index is -0.0495. The van der Waals surface area contributed by atoms with Gasteiger partial charge < -0.3 is 10.6 Å². The Morgan fingerprint density at radius 3 is 2.79 bits per heavy atom. The molecule has 1 aromatic heterocycles. The number of nitrogens with one attached hydrogen (secondary N) is 2. The van der Waals surface area contributed by atoms with Gasteiger partial charge in [-0.25, -0.2) is 4.98 Å². The van der Waals surface area contributed by atoms with E-state index in [1.165, 1.54) is 0 Å². The van der Waals surface area contributed by atoms with Crippen molar-refractivity contribution in [1.29, 1.82) is 0 Å². The standard InChI is InChI=1S/C15H17N3O/c1-12-5-4-6-13(11-12)15(19)18-10-9-17-14-7-2-3-8-16-14/h2-8,11H,9-10H2,1H3,(H,16,17)(H,18,19). The van der Waals surface area contributed by atoms with Gasteiger partial charge >= 0.3 is 0 Å². The first kappa shape index (κ1) is 13.1. The Balaban J connectivity index is 1.75. The molecular formula is C15H17N3O. The third kappa shape index (κ3) is 4.10. The second-order valence-corrected chi connectivity index (χ2v) is 4.27. The molecular weight excluding hydrogens is 238 g/mol. The number of aryl methyl sites for hydroxylation is 1. The molecule has 0 radical (unpaired) electrons. The van der Waals surface area contributed by atoms with Gasteiger partial charge in [-0.3, -0.25) is 4.79 Å². The van der Waals surface area contributed by atoms with E-state index in [2.05, 4.69) is 15.6 Å². The zero-order valence-corrected chi connectivity index (χ0v) is 10.9. The number of pyridine rings is 1. The number of benzene rings is 1. The van der Waals surface area contributed by atoms with Gasteiger partial charge in [0.2, 0.25) is 0 Å². The third-order valence-corrected chi connectivity index (χ3v) is 2.66. The maximum Gasteiger partial charge on any atom is 0.251 e. The highest BCUT2D eigenvalue weighted by Gasteiger charge is 2.03. The molecule has 1 amide bonds. The Hall–Kier alpha value is -2.36. The van der Waals surface area contributed by atoms with Gasteiger partial charge in [0.1, 0.15) is 5.82 Å². The molecule has 4 nitrogen and oxygen atoms in total. The molecule has 98 valence electrons. The maximum absolute atomic E-state index is 11.9. The zero-order valence-electron chi connectivity index (χ0n) is 10.9. The average Bonchev–Trinajstić information content (AvgIpc) is 2.44. The molecule has 4 heteroatoms. The van der Waals surface area contributed by atoms with Crippen LogP contribution in [0.15, 0.2) is 48.7 Å². The van der Waals surface area contributed by atoms with E-state index in [0.29, 0.717) is 18.7 Å². The molecule has 2 rings (SSSR count). The normalized spacial score (nSPS) is 9.95. The molecule has 0 bridgehead atoms. The highest BCUT2D eigenvalue weighted by atomic mass is 16.1. The summed E-state index contributed by atoms with van der Waals surface area (Å²) in [6.07, 6.45) is 1.73. The first-order chi connectivity index (χ1) is 9.25. The van der Waals surface area contributed by atoms with Crippen molar-refractivity contribution in [3.05, 3.63) is 59.8 Å². The minimum Gasteiger partial charge on any atom is -0.368 e. The molecule has 0 aliphatic heterocycles. The number of aromatic nitrogens is 1. The smallest absolute Gasteiger partial charge is 0.251 e. The van der Waals surface area contributed by atoms with Crippen molar-refractivity contribution < 1.29 is 4.79 Å². The summed E-state index contributed by atoms with van der Waals surface area (Å²) in [7, 11) is 0. The van der Waals surface area contributed by atoms with E-state index in [1.54, 1.807) is 6.20 Å². The molecule has 0 unspecified atom stereocenters. The van der Waals surface area contributed by atoms with Crippen molar-refractivity contribution in [1.82, 2.24) is 10.3 Å². The van der Waals surface area contributed by atoms with E-state index < -0.39 is 0 Å². The number of amides is 1. The Bertz CT molecular complexity index is 540. The van der Waals surface area contributed by atoms with E-state index in [0.717, 1.165) is 11.4 Å². The van der Waals surface area contributed by atoms with Crippen LogP contribution in [0.4, 0.5) is 5.82 Å². The predicted molar refractivity (Wildman–Crippen MR) is 76.2 cm³/mol.